The molecule has 4 aromatic carbocycles. The first-order valence-electron chi connectivity index (χ1n) is 12.3. The molecule has 0 saturated heterocycles. The molecule has 7 rings (SSSR count). The standard InChI is InChI=1S/C31H24FNO3/c1-19-11-12-25(32)28-29(19)33(17-22-9-5-6-10-23(22)20-7-3-2-4-8-20)30(34)31(28)18-36-27-16-26-21(13-14-35-26)15-24(27)31/h2-12,15-16H,13-14,17-18H2,1H3. The highest BCUT2D eigenvalue weighted by molar-refractivity contribution is 6.12. The van der Waals surface area contributed by atoms with Gasteiger partial charge in [-0.05, 0) is 46.9 Å². The van der Waals surface area contributed by atoms with E-state index in [0.29, 0.717) is 30.2 Å². The minimum absolute atomic E-state index is 0.0776. The number of aryl methyl sites for hydroxylation is 1. The fraction of sp³-hybridized carbons (Fsp3) is 0.194. The molecule has 3 aliphatic rings. The van der Waals surface area contributed by atoms with Crippen LogP contribution >= 0.6 is 0 Å². The Hall–Kier alpha value is -4.12. The van der Waals surface area contributed by atoms with Crippen LogP contribution in [0.2, 0.25) is 0 Å². The van der Waals surface area contributed by atoms with Crippen LogP contribution in [0.15, 0.2) is 78.9 Å². The predicted molar refractivity (Wildman–Crippen MR) is 136 cm³/mol. The first-order chi connectivity index (χ1) is 17.6. The van der Waals surface area contributed by atoms with Crippen molar-refractivity contribution in [1.29, 1.82) is 0 Å². The molecule has 3 heterocycles. The van der Waals surface area contributed by atoms with E-state index in [9.17, 15) is 4.79 Å². The van der Waals surface area contributed by atoms with E-state index < -0.39 is 5.41 Å². The van der Waals surface area contributed by atoms with Crippen LogP contribution in [-0.2, 0) is 23.2 Å². The Labute approximate surface area is 208 Å². The number of carbonyl (C=O) groups is 1. The Bertz CT molecular complexity index is 1550. The molecule has 178 valence electrons. The topological polar surface area (TPSA) is 38.8 Å². The minimum atomic E-state index is -1.21. The van der Waals surface area contributed by atoms with Crippen molar-refractivity contribution in [1.82, 2.24) is 0 Å². The number of nitrogens with zero attached hydrogens (tertiary/aromatic N) is 1. The van der Waals surface area contributed by atoms with Crippen LogP contribution in [0.5, 0.6) is 11.5 Å². The Balaban J connectivity index is 1.40. The van der Waals surface area contributed by atoms with Gasteiger partial charge >= 0.3 is 0 Å². The molecule has 0 aromatic heterocycles. The molecule has 3 aliphatic heterocycles. The predicted octanol–water partition coefficient (Wildman–Crippen LogP) is 5.96. The van der Waals surface area contributed by atoms with Crippen molar-refractivity contribution in [2.24, 2.45) is 0 Å². The van der Waals surface area contributed by atoms with Gasteiger partial charge in [0.2, 0.25) is 5.91 Å². The van der Waals surface area contributed by atoms with E-state index >= 15 is 4.39 Å². The molecule has 1 amide bonds. The minimum Gasteiger partial charge on any atom is -0.493 e. The Morgan fingerprint density at radius 1 is 0.944 bits per heavy atom. The monoisotopic (exact) mass is 477 g/mol. The van der Waals surface area contributed by atoms with Crippen molar-refractivity contribution >= 4 is 11.6 Å². The van der Waals surface area contributed by atoms with Gasteiger partial charge < -0.3 is 14.4 Å². The van der Waals surface area contributed by atoms with Gasteiger partial charge in [0.1, 0.15) is 29.3 Å². The number of fused-ring (bicyclic) bond motifs is 5. The molecular formula is C31H24FNO3. The normalized spacial score (nSPS) is 19.2. The highest BCUT2D eigenvalue weighted by Gasteiger charge is 2.59. The summed E-state index contributed by atoms with van der Waals surface area (Å²) < 4.78 is 27.5. The number of carbonyl (C=O) groups excluding carboxylic acids is 1. The Morgan fingerprint density at radius 3 is 2.61 bits per heavy atom. The first-order valence-corrected chi connectivity index (χ1v) is 12.3. The van der Waals surface area contributed by atoms with Crippen molar-refractivity contribution in [2.45, 2.75) is 25.3 Å². The molecule has 1 unspecified atom stereocenters. The van der Waals surface area contributed by atoms with Crippen LogP contribution in [0.1, 0.15) is 27.8 Å². The van der Waals surface area contributed by atoms with Crippen molar-refractivity contribution in [2.75, 3.05) is 18.1 Å². The van der Waals surface area contributed by atoms with Gasteiger partial charge in [0, 0.05) is 23.6 Å². The van der Waals surface area contributed by atoms with E-state index in [-0.39, 0.29) is 18.3 Å². The van der Waals surface area contributed by atoms with Gasteiger partial charge in [-0.25, -0.2) is 4.39 Å². The summed E-state index contributed by atoms with van der Waals surface area (Å²) in [7, 11) is 0. The fourth-order valence-electron chi connectivity index (χ4n) is 6.05. The van der Waals surface area contributed by atoms with Crippen LogP contribution < -0.4 is 14.4 Å². The molecule has 36 heavy (non-hydrogen) atoms. The van der Waals surface area contributed by atoms with Gasteiger partial charge in [0.15, 0.2) is 0 Å². The molecule has 0 bridgehead atoms. The third-order valence-corrected chi connectivity index (χ3v) is 7.76. The van der Waals surface area contributed by atoms with E-state index in [1.54, 1.807) is 11.0 Å². The van der Waals surface area contributed by atoms with Crippen molar-refractivity contribution in [3.8, 4) is 22.6 Å². The van der Waals surface area contributed by atoms with Gasteiger partial charge in [0.25, 0.3) is 0 Å². The number of amides is 1. The molecule has 0 saturated carbocycles. The SMILES string of the molecule is Cc1ccc(F)c2c1N(Cc1ccccc1-c1ccccc1)C(=O)C21COc2cc3c(cc21)CCO3. The molecule has 0 radical (unpaired) electrons. The zero-order valence-corrected chi connectivity index (χ0v) is 19.9. The van der Waals surface area contributed by atoms with E-state index in [4.69, 9.17) is 9.47 Å². The van der Waals surface area contributed by atoms with Crippen LogP contribution in [0, 0.1) is 12.7 Å². The van der Waals surface area contributed by atoms with Gasteiger partial charge in [-0.1, -0.05) is 60.7 Å². The molecular weight excluding hydrogens is 453 g/mol. The third kappa shape index (κ3) is 2.83. The summed E-state index contributed by atoms with van der Waals surface area (Å²) >= 11 is 0. The van der Waals surface area contributed by atoms with Crippen LogP contribution in [-0.4, -0.2) is 19.1 Å². The third-order valence-electron chi connectivity index (χ3n) is 7.76. The number of rotatable bonds is 3. The lowest BCUT2D eigenvalue weighted by atomic mass is 9.76. The lowest BCUT2D eigenvalue weighted by Crippen LogP contribution is -2.42. The molecule has 0 aliphatic carbocycles. The molecule has 1 spiro atoms. The number of hydrogen-bond acceptors (Lipinski definition) is 3. The molecule has 0 N–H and O–H groups in total. The maximum atomic E-state index is 15.7. The summed E-state index contributed by atoms with van der Waals surface area (Å²) in [5.74, 6) is 0.861. The van der Waals surface area contributed by atoms with Crippen LogP contribution in [0.3, 0.4) is 0 Å². The number of anilines is 1. The molecule has 4 nitrogen and oxygen atoms in total. The number of benzene rings is 4. The van der Waals surface area contributed by atoms with E-state index in [1.165, 1.54) is 6.07 Å². The maximum Gasteiger partial charge on any atom is 0.246 e. The summed E-state index contributed by atoms with van der Waals surface area (Å²) in [6.45, 7) is 2.96. The second-order valence-corrected chi connectivity index (χ2v) is 9.75. The zero-order chi connectivity index (χ0) is 24.4. The second kappa shape index (κ2) is 7.69. The van der Waals surface area contributed by atoms with Gasteiger partial charge in [-0.3, -0.25) is 4.79 Å². The highest BCUT2D eigenvalue weighted by atomic mass is 19.1. The van der Waals surface area contributed by atoms with Crippen LogP contribution in [0.4, 0.5) is 10.1 Å². The summed E-state index contributed by atoms with van der Waals surface area (Å²) in [5.41, 5.74) is 5.64. The zero-order valence-electron chi connectivity index (χ0n) is 19.9. The average molecular weight is 478 g/mol. The lowest BCUT2D eigenvalue weighted by Gasteiger charge is -2.24. The van der Waals surface area contributed by atoms with Gasteiger partial charge in [0.05, 0.1) is 18.8 Å². The van der Waals surface area contributed by atoms with Crippen molar-refractivity contribution in [3.05, 3.63) is 112 Å². The van der Waals surface area contributed by atoms with Gasteiger partial charge in [-0.2, -0.15) is 0 Å². The number of halogens is 1. The van der Waals surface area contributed by atoms with E-state index in [2.05, 4.69) is 18.2 Å². The maximum absolute atomic E-state index is 15.7. The van der Waals surface area contributed by atoms with Crippen molar-refractivity contribution in [3.63, 3.8) is 0 Å². The van der Waals surface area contributed by atoms with E-state index in [0.717, 1.165) is 45.6 Å². The highest BCUT2D eigenvalue weighted by Crippen LogP contribution is 2.56. The first kappa shape index (κ1) is 21.2. The largest absolute Gasteiger partial charge is 0.493 e. The molecule has 5 heteroatoms. The summed E-state index contributed by atoms with van der Waals surface area (Å²) in [6, 6.07) is 25.3. The summed E-state index contributed by atoms with van der Waals surface area (Å²) in [5, 5.41) is 0. The molecule has 4 aromatic rings. The Morgan fingerprint density at radius 2 is 1.75 bits per heavy atom. The number of ether oxygens (including phenoxy) is 2. The second-order valence-electron chi connectivity index (χ2n) is 9.75. The summed E-state index contributed by atoms with van der Waals surface area (Å²) in [4.78, 5) is 16.2. The fourth-order valence-corrected chi connectivity index (χ4v) is 6.05. The molecule has 0 fully saturated rings. The molecule has 1 atom stereocenters. The number of hydrogen-bond donors (Lipinski definition) is 0. The average Bonchev–Trinajstić information content (AvgIpc) is 3.58. The smallest absolute Gasteiger partial charge is 0.246 e. The van der Waals surface area contributed by atoms with Crippen LogP contribution in [0.25, 0.3) is 11.1 Å². The van der Waals surface area contributed by atoms with Crippen molar-refractivity contribution < 1.29 is 18.7 Å². The quantitative estimate of drug-likeness (QED) is 0.365. The van der Waals surface area contributed by atoms with Gasteiger partial charge in [-0.15, -0.1) is 0 Å². The lowest BCUT2D eigenvalue weighted by molar-refractivity contribution is -0.122. The summed E-state index contributed by atoms with van der Waals surface area (Å²) in [6.07, 6.45) is 0.768. The Kier molecular flexibility index (Phi) is 4.53. The van der Waals surface area contributed by atoms with E-state index in [1.807, 2.05) is 55.5 Å².